The second-order valence-corrected chi connectivity index (χ2v) is 8.44. The molecule has 4 rings (SSSR count). The molecule has 1 atom stereocenters. The molecule has 0 fully saturated rings. The van der Waals surface area contributed by atoms with Crippen molar-refractivity contribution >= 4 is 16.5 Å². The number of benzene rings is 2. The number of pyridine rings is 2. The Kier molecular flexibility index (Phi) is 5.81. The lowest BCUT2D eigenvalue weighted by Gasteiger charge is -2.20. The van der Waals surface area contributed by atoms with Gasteiger partial charge in [0.05, 0.1) is 5.52 Å². The van der Waals surface area contributed by atoms with Crippen LogP contribution >= 0.6 is 0 Å². The Balaban J connectivity index is 1.81. The number of aromatic nitrogens is 2. The number of fused-ring (bicyclic) bond motifs is 1. The van der Waals surface area contributed by atoms with E-state index in [1.807, 2.05) is 12.3 Å². The van der Waals surface area contributed by atoms with Gasteiger partial charge >= 0.3 is 0 Å². The fourth-order valence-corrected chi connectivity index (χ4v) is 3.98. The summed E-state index contributed by atoms with van der Waals surface area (Å²) in [5, 5.41) is 1.12. The largest absolute Gasteiger partial charge is 0.264 e. The molecule has 0 N–H and O–H groups in total. The van der Waals surface area contributed by atoms with E-state index in [2.05, 4.69) is 93.5 Å². The highest BCUT2D eigenvalue weighted by molar-refractivity contribution is 5.94. The van der Waals surface area contributed by atoms with Crippen LogP contribution in [0.5, 0.6) is 0 Å². The molecule has 2 heteroatoms. The Morgan fingerprint density at radius 2 is 1.71 bits per heavy atom. The monoisotopic (exact) mass is 404 g/mol. The van der Waals surface area contributed by atoms with Crippen LogP contribution in [0.25, 0.3) is 27.6 Å². The first kappa shape index (κ1) is 20.7. The minimum atomic E-state index is 0.156. The fraction of sp³-hybridized carbons (Fsp3) is 0.172. The molecule has 2 heterocycles. The summed E-state index contributed by atoms with van der Waals surface area (Å²) in [7, 11) is 0. The molecule has 2 aromatic carbocycles. The zero-order valence-corrected chi connectivity index (χ0v) is 18.5. The van der Waals surface area contributed by atoms with Crippen molar-refractivity contribution in [1.82, 2.24) is 9.97 Å². The minimum Gasteiger partial charge on any atom is -0.264 e. The minimum absolute atomic E-state index is 0.156. The first-order chi connectivity index (χ1) is 14.9. The molecule has 0 aliphatic carbocycles. The molecule has 31 heavy (non-hydrogen) atoms. The Labute approximate surface area is 185 Å². The molecule has 2 aromatic heterocycles. The predicted molar refractivity (Wildman–Crippen MR) is 132 cm³/mol. The van der Waals surface area contributed by atoms with Gasteiger partial charge in [-0.2, -0.15) is 0 Å². The van der Waals surface area contributed by atoms with Crippen LogP contribution < -0.4 is 0 Å². The Morgan fingerprint density at radius 3 is 2.35 bits per heavy atom. The number of allylic oxidation sites excluding steroid dienone is 2. The Morgan fingerprint density at radius 1 is 0.935 bits per heavy atom. The second-order valence-electron chi connectivity index (χ2n) is 8.44. The fourth-order valence-electron chi connectivity index (χ4n) is 3.98. The standard InChI is InChI=1S/C29H28N2/c1-19(2)25-17-29(26(20(3)4)15-22-10-8-21(5)9-11-22)31-28-13-12-23(16-27(25)28)24-7-6-14-30-18-24/h6-14,16-18,26H,1,3,15H2,2,4-5H3. The van der Waals surface area contributed by atoms with E-state index in [1.54, 1.807) is 6.20 Å². The quantitative estimate of drug-likeness (QED) is 0.310. The lowest BCUT2D eigenvalue weighted by atomic mass is 9.88. The summed E-state index contributed by atoms with van der Waals surface area (Å²) in [6.45, 7) is 14.8. The van der Waals surface area contributed by atoms with Gasteiger partial charge in [0.25, 0.3) is 0 Å². The zero-order valence-electron chi connectivity index (χ0n) is 18.5. The van der Waals surface area contributed by atoms with Crippen molar-refractivity contribution in [2.75, 3.05) is 0 Å². The van der Waals surface area contributed by atoms with Gasteiger partial charge in [-0.25, -0.2) is 0 Å². The van der Waals surface area contributed by atoms with E-state index in [1.165, 1.54) is 11.1 Å². The van der Waals surface area contributed by atoms with Crippen LogP contribution in [0.2, 0.25) is 0 Å². The third kappa shape index (κ3) is 4.49. The molecule has 154 valence electrons. The van der Waals surface area contributed by atoms with Gasteiger partial charge in [0, 0.05) is 35.0 Å². The molecule has 0 bridgehead atoms. The third-order valence-corrected chi connectivity index (χ3v) is 5.80. The second kappa shape index (κ2) is 8.69. The molecule has 2 nitrogen and oxygen atoms in total. The van der Waals surface area contributed by atoms with Crippen molar-refractivity contribution in [3.8, 4) is 11.1 Å². The van der Waals surface area contributed by atoms with E-state index < -0.39 is 0 Å². The van der Waals surface area contributed by atoms with Crippen LogP contribution in [-0.2, 0) is 6.42 Å². The van der Waals surface area contributed by atoms with Crippen LogP contribution in [0.15, 0.2) is 91.8 Å². The summed E-state index contributed by atoms with van der Waals surface area (Å²) >= 11 is 0. The highest BCUT2D eigenvalue weighted by atomic mass is 14.7. The normalized spacial score (nSPS) is 12.0. The zero-order chi connectivity index (χ0) is 22.0. The number of aryl methyl sites for hydroxylation is 1. The van der Waals surface area contributed by atoms with Gasteiger partial charge in [-0.3, -0.25) is 9.97 Å². The van der Waals surface area contributed by atoms with Crippen molar-refractivity contribution in [2.24, 2.45) is 0 Å². The van der Waals surface area contributed by atoms with Crippen LogP contribution in [0.1, 0.15) is 42.1 Å². The van der Waals surface area contributed by atoms with Crippen LogP contribution in [0, 0.1) is 6.92 Å². The Hall–Kier alpha value is -3.52. The molecular formula is C29H28N2. The van der Waals surface area contributed by atoms with E-state index in [4.69, 9.17) is 4.98 Å². The lowest BCUT2D eigenvalue weighted by Crippen LogP contribution is -2.08. The lowest BCUT2D eigenvalue weighted by molar-refractivity contribution is 0.763. The summed E-state index contributed by atoms with van der Waals surface area (Å²) in [5.41, 5.74) is 10.1. The SMILES string of the molecule is C=C(C)c1cc(C(Cc2ccc(C)cc2)C(=C)C)nc2ccc(-c3cccnc3)cc12. The van der Waals surface area contributed by atoms with Gasteiger partial charge in [0.15, 0.2) is 0 Å². The predicted octanol–water partition coefficient (Wildman–Crippen LogP) is 7.54. The molecule has 0 spiro atoms. The van der Waals surface area contributed by atoms with Gasteiger partial charge in [-0.15, -0.1) is 0 Å². The van der Waals surface area contributed by atoms with E-state index in [9.17, 15) is 0 Å². The number of hydrogen-bond donors (Lipinski definition) is 0. The summed E-state index contributed by atoms with van der Waals surface area (Å²) in [6, 6.07) is 21.4. The van der Waals surface area contributed by atoms with Gasteiger partial charge in [-0.05, 0) is 68.1 Å². The number of nitrogens with zero attached hydrogens (tertiary/aromatic N) is 2. The highest BCUT2D eigenvalue weighted by Crippen LogP contribution is 2.33. The molecule has 0 saturated heterocycles. The summed E-state index contributed by atoms with van der Waals surface area (Å²) in [5.74, 6) is 0.156. The molecule has 0 aliphatic heterocycles. The van der Waals surface area contributed by atoms with Gasteiger partial charge in [0.1, 0.15) is 0 Å². The van der Waals surface area contributed by atoms with E-state index >= 15 is 0 Å². The first-order valence-electron chi connectivity index (χ1n) is 10.6. The van der Waals surface area contributed by atoms with Crippen molar-refractivity contribution in [3.05, 3.63) is 114 Å². The molecule has 0 saturated carbocycles. The molecule has 4 aromatic rings. The van der Waals surface area contributed by atoms with E-state index in [0.717, 1.165) is 50.9 Å². The summed E-state index contributed by atoms with van der Waals surface area (Å²) in [6.07, 6.45) is 4.57. The van der Waals surface area contributed by atoms with Crippen LogP contribution in [0.4, 0.5) is 0 Å². The Bertz CT molecular complexity index is 1250. The molecule has 0 amide bonds. The molecule has 1 unspecified atom stereocenters. The first-order valence-corrected chi connectivity index (χ1v) is 10.6. The number of rotatable bonds is 6. The smallest absolute Gasteiger partial charge is 0.0712 e. The van der Waals surface area contributed by atoms with Crippen molar-refractivity contribution in [2.45, 2.75) is 33.1 Å². The molecule has 0 aliphatic rings. The number of hydrogen-bond acceptors (Lipinski definition) is 2. The van der Waals surface area contributed by atoms with Crippen molar-refractivity contribution in [1.29, 1.82) is 0 Å². The topological polar surface area (TPSA) is 25.8 Å². The summed E-state index contributed by atoms with van der Waals surface area (Å²) in [4.78, 5) is 9.33. The third-order valence-electron chi connectivity index (χ3n) is 5.80. The molecular weight excluding hydrogens is 376 g/mol. The van der Waals surface area contributed by atoms with Gasteiger partial charge < -0.3 is 0 Å². The summed E-state index contributed by atoms with van der Waals surface area (Å²) < 4.78 is 0. The van der Waals surface area contributed by atoms with E-state index in [-0.39, 0.29) is 5.92 Å². The van der Waals surface area contributed by atoms with E-state index in [0.29, 0.717) is 0 Å². The average molecular weight is 405 g/mol. The average Bonchev–Trinajstić information content (AvgIpc) is 2.78. The highest BCUT2D eigenvalue weighted by Gasteiger charge is 2.18. The molecule has 0 radical (unpaired) electrons. The maximum absolute atomic E-state index is 5.07. The van der Waals surface area contributed by atoms with Crippen molar-refractivity contribution in [3.63, 3.8) is 0 Å². The maximum Gasteiger partial charge on any atom is 0.0712 e. The van der Waals surface area contributed by atoms with Crippen LogP contribution in [-0.4, -0.2) is 9.97 Å². The van der Waals surface area contributed by atoms with Crippen LogP contribution in [0.3, 0.4) is 0 Å². The van der Waals surface area contributed by atoms with Crippen molar-refractivity contribution < 1.29 is 0 Å². The van der Waals surface area contributed by atoms with Gasteiger partial charge in [0.2, 0.25) is 0 Å². The maximum atomic E-state index is 5.07. The van der Waals surface area contributed by atoms with Gasteiger partial charge in [-0.1, -0.05) is 66.3 Å².